The lowest BCUT2D eigenvalue weighted by molar-refractivity contribution is -0.157. The van der Waals surface area contributed by atoms with Gasteiger partial charge in [-0.1, -0.05) is 108 Å². The molecular formula is C39H56ClFO5. The summed E-state index contributed by atoms with van der Waals surface area (Å²) in [5, 5.41) is 0.405. The summed E-state index contributed by atoms with van der Waals surface area (Å²) in [5.74, 6) is 0.474. The van der Waals surface area contributed by atoms with Crippen LogP contribution in [0.4, 0.5) is 4.39 Å². The van der Waals surface area contributed by atoms with Gasteiger partial charge in [0, 0.05) is 0 Å². The monoisotopic (exact) mass is 658 g/mol. The summed E-state index contributed by atoms with van der Waals surface area (Å²) in [6, 6.07) is 12.7. The molecule has 5 nitrogen and oxygen atoms in total. The average Bonchev–Trinajstić information content (AvgIpc) is 3.07. The molecule has 3 rings (SSSR count). The zero-order valence-electron chi connectivity index (χ0n) is 28.2. The average molecular weight is 659 g/mol. The van der Waals surface area contributed by atoms with Crippen LogP contribution < -0.4 is 9.47 Å². The van der Waals surface area contributed by atoms with E-state index >= 15 is 0 Å². The lowest BCUT2D eigenvalue weighted by Crippen LogP contribution is -2.29. The van der Waals surface area contributed by atoms with Crippen LogP contribution in [0.5, 0.6) is 11.5 Å². The Morgan fingerprint density at radius 3 is 2.09 bits per heavy atom. The third-order valence-electron chi connectivity index (χ3n) is 9.04. The minimum absolute atomic E-state index is 0.162. The molecule has 1 aliphatic carbocycles. The molecule has 0 heterocycles. The van der Waals surface area contributed by atoms with Crippen LogP contribution in [0, 0.1) is 5.92 Å². The van der Waals surface area contributed by atoms with E-state index in [1.54, 1.807) is 18.2 Å². The van der Waals surface area contributed by atoms with Gasteiger partial charge in [0.1, 0.15) is 17.6 Å². The van der Waals surface area contributed by atoms with E-state index in [0.29, 0.717) is 41.0 Å². The molecule has 1 atom stereocenters. The van der Waals surface area contributed by atoms with Crippen LogP contribution in [0.2, 0.25) is 5.02 Å². The van der Waals surface area contributed by atoms with Gasteiger partial charge in [-0.2, -0.15) is 0 Å². The van der Waals surface area contributed by atoms with Gasteiger partial charge in [0.05, 0.1) is 17.2 Å². The van der Waals surface area contributed by atoms with E-state index in [1.807, 2.05) is 31.2 Å². The summed E-state index contributed by atoms with van der Waals surface area (Å²) >= 11 is 6.42. The van der Waals surface area contributed by atoms with Gasteiger partial charge in [-0.15, -0.1) is 0 Å². The number of esters is 2. The number of hydrogen-bond acceptors (Lipinski definition) is 5. The van der Waals surface area contributed by atoms with Gasteiger partial charge in [0.2, 0.25) is 0 Å². The molecule has 7 heteroatoms. The second kappa shape index (κ2) is 22.1. The molecule has 0 amide bonds. The number of alkyl halides is 1. The fraction of sp³-hybridized carbons (Fsp3) is 0.641. The molecule has 0 saturated heterocycles. The third-order valence-corrected chi connectivity index (χ3v) is 9.34. The molecule has 0 bridgehead atoms. The van der Waals surface area contributed by atoms with Crippen LogP contribution in [-0.4, -0.2) is 30.8 Å². The SMILES string of the molecule is CCCCCCCCCCCCOc1ccc(C(=O)Oc2ccc(CC[C@H]3CC[C@H](OC(=O)[C@@H](F)CCCC)CC3)cc2)cc1Cl. The summed E-state index contributed by atoms with van der Waals surface area (Å²) < 4.78 is 30.8. The molecule has 1 fully saturated rings. The maximum Gasteiger partial charge on any atom is 0.343 e. The number of benzene rings is 2. The van der Waals surface area contributed by atoms with Crippen molar-refractivity contribution in [1.29, 1.82) is 0 Å². The predicted molar refractivity (Wildman–Crippen MR) is 185 cm³/mol. The highest BCUT2D eigenvalue weighted by molar-refractivity contribution is 6.32. The van der Waals surface area contributed by atoms with Crippen molar-refractivity contribution in [2.75, 3.05) is 6.61 Å². The smallest absolute Gasteiger partial charge is 0.343 e. The predicted octanol–water partition coefficient (Wildman–Crippen LogP) is 11.4. The first-order chi connectivity index (χ1) is 22.4. The molecule has 0 N–H and O–H groups in total. The molecule has 2 aromatic rings. The number of carbonyl (C=O) groups is 2. The molecule has 46 heavy (non-hydrogen) atoms. The van der Waals surface area contributed by atoms with E-state index in [4.69, 9.17) is 25.8 Å². The minimum Gasteiger partial charge on any atom is -0.492 e. The molecule has 2 aromatic carbocycles. The Balaban J connectivity index is 1.30. The Hall–Kier alpha value is -2.60. The van der Waals surface area contributed by atoms with E-state index in [-0.39, 0.29) is 12.5 Å². The first-order valence-electron chi connectivity index (χ1n) is 18.0. The van der Waals surface area contributed by atoms with Gasteiger partial charge in [0.15, 0.2) is 6.17 Å². The molecule has 0 radical (unpaired) electrons. The third kappa shape index (κ3) is 14.4. The Bertz CT molecular complexity index is 1150. The van der Waals surface area contributed by atoms with Crippen LogP contribution >= 0.6 is 11.6 Å². The highest BCUT2D eigenvalue weighted by Gasteiger charge is 2.27. The van der Waals surface area contributed by atoms with Gasteiger partial charge in [-0.05, 0) is 93.2 Å². The van der Waals surface area contributed by atoms with Crippen LogP contribution in [-0.2, 0) is 16.0 Å². The van der Waals surface area contributed by atoms with Crippen molar-refractivity contribution in [1.82, 2.24) is 0 Å². The lowest BCUT2D eigenvalue weighted by Gasteiger charge is -2.28. The van der Waals surface area contributed by atoms with Gasteiger partial charge >= 0.3 is 11.9 Å². The summed E-state index contributed by atoms with van der Waals surface area (Å²) in [4.78, 5) is 24.7. The Morgan fingerprint density at radius 2 is 1.46 bits per heavy atom. The van der Waals surface area contributed by atoms with Crippen molar-refractivity contribution in [3.05, 3.63) is 58.6 Å². The summed E-state index contributed by atoms with van der Waals surface area (Å²) in [5.41, 5.74) is 1.56. The van der Waals surface area contributed by atoms with E-state index in [2.05, 4.69) is 6.92 Å². The van der Waals surface area contributed by atoms with Crippen LogP contribution in [0.15, 0.2) is 42.5 Å². The van der Waals surface area contributed by atoms with Crippen molar-refractivity contribution >= 4 is 23.5 Å². The van der Waals surface area contributed by atoms with Crippen molar-refractivity contribution in [3.63, 3.8) is 0 Å². The first kappa shape index (κ1) is 37.9. The zero-order chi connectivity index (χ0) is 33.0. The van der Waals surface area contributed by atoms with Crippen LogP contribution in [0.3, 0.4) is 0 Å². The van der Waals surface area contributed by atoms with Crippen molar-refractivity contribution in [2.24, 2.45) is 5.92 Å². The number of carbonyl (C=O) groups excluding carboxylic acids is 2. The molecule has 1 saturated carbocycles. The van der Waals surface area contributed by atoms with Crippen molar-refractivity contribution in [2.45, 2.75) is 148 Å². The molecule has 0 spiro atoms. The van der Waals surface area contributed by atoms with Crippen molar-refractivity contribution < 1.29 is 28.2 Å². The number of unbranched alkanes of at least 4 members (excludes halogenated alkanes) is 10. The second-order valence-electron chi connectivity index (χ2n) is 12.9. The Labute approximate surface area is 281 Å². The second-order valence-corrected chi connectivity index (χ2v) is 13.3. The summed E-state index contributed by atoms with van der Waals surface area (Å²) in [6.07, 6.45) is 18.4. The maximum absolute atomic E-state index is 13.9. The molecule has 0 aliphatic heterocycles. The quantitative estimate of drug-likeness (QED) is 0.0715. The topological polar surface area (TPSA) is 61.8 Å². The molecular weight excluding hydrogens is 603 g/mol. The number of halogens is 2. The van der Waals surface area contributed by atoms with E-state index in [0.717, 1.165) is 57.8 Å². The highest BCUT2D eigenvalue weighted by atomic mass is 35.5. The standard InChI is InChI=1S/C39H56ClFO5/c1-3-5-7-8-9-10-11-12-13-14-28-44-37-27-22-32(29-35(37)40)38(42)45-33-23-18-30(19-24-33)16-17-31-20-25-34(26-21-31)46-39(43)36(41)15-6-4-2/h18-19,22-24,27,29,31,34,36H,3-17,20-21,25-26,28H2,1-2H3/t31-,34-,36-/m0/s1. The molecule has 0 unspecified atom stereocenters. The molecule has 0 aromatic heterocycles. The van der Waals surface area contributed by atoms with Gasteiger partial charge in [-0.3, -0.25) is 0 Å². The largest absolute Gasteiger partial charge is 0.492 e. The Kier molecular flexibility index (Phi) is 18.2. The van der Waals surface area contributed by atoms with E-state index in [1.165, 1.54) is 56.9 Å². The fourth-order valence-corrected chi connectivity index (χ4v) is 6.29. The zero-order valence-corrected chi connectivity index (χ0v) is 29.0. The normalized spacial score (nSPS) is 17.0. The van der Waals surface area contributed by atoms with Gasteiger partial charge in [0.25, 0.3) is 0 Å². The van der Waals surface area contributed by atoms with Crippen molar-refractivity contribution in [3.8, 4) is 11.5 Å². The highest BCUT2D eigenvalue weighted by Crippen LogP contribution is 2.31. The molecule has 256 valence electrons. The molecule has 1 aliphatic rings. The summed E-state index contributed by atoms with van der Waals surface area (Å²) in [7, 11) is 0. The minimum atomic E-state index is -1.50. The lowest BCUT2D eigenvalue weighted by atomic mass is 9.83. The first-order valence-corrected chi connectivity index (χ1v) is 18.3. The maximum atomic E-state index is 13.9. The van der Waals surface area contributed by atoms with Gasteiger partial charge < -0.3 is 14.2 Å². The van der Waals surface area contributed by atoms with Crippen LogP contribution in [0.25, 0.3) is 0 Å². The number of hydrogen-bond donors (Lipinski definition) is 0. The number of ether oxygens (including phenoxy) is 3. The van der Waals surface area contributed by atoms with Crippen LogP contribution in [0.1, 0.15) is 145 Å². The Morgan fingerprint density at radius 1 is 0.826 bits per heavy atom. The van der Waals surface area contributed by atoms with E-state index < -0.39 is 18.1 Å². The van der Waals surface area contributed by atoms with Gasteiger partial charge in [-0.25, -0.2) is 14.0 Å². The van der Waals surface area contributed by atoms with E-state index in [9.17, 15) is 14.0 Å². The number of rotatable bonds is 22. The fourth-order valence-electron chi connectivity index (χ4n) is 6.06. The number of aryl methyl sites for hydroxylation is 1. The summed E-state index contributed by atoms with van der Waals surface area (Å²) in [6.45, 7) is 4.85.